The average molecular weight is 273 g/mol. The Morgan fingerprint density at radius 3 is 2.83 bits per heavy atom. The van der Waals surface area contributed by atoms with Crippen LogP contribution >= 0.6 is 22.6 Å². The molecule has 0 heterocycles. The zero-order valence-corrected chi connectivity index (χ0v) is 9.21. The van der Waals surface area contributed by atoms with Crippen molar-refractivity contribution < 1.29 is 0 Å². The van der Waals surface area contributed by atoms with Gasteiger partial charge < -0.3 is 5.73 Å². The molecule has 0 saturated heterocycles. The molecule has 1 unspecified atom stereocenters. The molecule has 12 heavy (non-hydrogen) atoms. The Hall–Kier alpha value is -0.0900. The van der Waals surface area contributed by atoms with E-state index in [9.17, 15) is 0 Å². The predicted molar refractivity (Wildman–Crippen MR) is 59.5 cm³/mol. The van der Waals surface area contributed by atoms with Crippen LogP contribution in [0.15, 0.2) is 24.3 Å². The maximum Gasteiger partial charge on any atom is 0.0446 e. The second kappa shape index (κ2) is 2.70. The van der Waals surface area contributed by atoms with Crippen molar-refractivity contribution in [2.24, 2.45) is 5.73 Å². The molecule has 64 valence electrons. The van der Waals surface area contributed by atoms with Crippen LogP contribution in [0.1, 0.15) is 24.1 Å². The maximum atomic E-state index is 6.12. The summed E-state index contributed by atoms with van der Waals surface area (Å²) in [7, 11) is 0. The van der Waals surface area contributed by atoms with Crippen LogP contribution in [-0.4, -0.2) is 3.42 Å². The molecule has 1 nitrogen and oxygen atoms in total. The van der Waals surface area contributed by atoms with Gasteiger partial charge in [-0.1, -0.05) is 46.9 Å². The number of benzene rings is 1. The Morgan fingerprint density at radius 1 is 1.50 bits per heavy atom. The van der Waals surface area contributed by atoms with E-state index in [1.165, 1.54) is 11.1 Å². The molecule has 0 aromatic heterocycles. The molecule has 0 amide bonds. The third kappa shape index (κ3) is 1.17. The smallest absolute Gasteiger partial charge is 0.0446 e. The fraction of sp³-hybridized carbons (Fsp3) is 0.400. The van der Waals surface area contributed by atoms with Gasteiger partial charge in [0.05, 0.1) is 0 Å². The predicted octanol–water partition coefficient (Wildman–Crippen LogP) is 2.44. The van der Waals surface area contributed by atoms with E-state index < -0.39 is 0 Å². The molecule has 1 aromatic rings. The normalized spacial score (nSPS) is 33.4. The lowest BCUT2D eigenvalue weighted by molar-refractivity contribution is 0.593. The lowest BCUT2D eigenvalue weighted by Crippen LogP contribution is -2.28. The van der Waals surface area contributed by atoms with Gasteiger partial charge in [0.1, 0.15) is 0 Å². The van der Waals surface area contributed by atoms with Crippen molar-refractivity contribution in [3.63, 3.8) is 0 Å². The van der Waals surface area contributed by atoms with Gasteiger partial charge >= 0.3 is 0 Å². The first-order valence-corrected chi connectivity index (χ1v) is 5.21. The Bertz CT molecular complexity index is 306. The molecule has 1 aliphatic carbocycles. The SMILES string of the molecule is CC1(I)Cc2ccccc2[C@H]1N. The number of fused-ring (bicyclic) bond motifs is 1. The Balaban J connectivity index is 2.49. The Morgan fingerprint density at radius 2 is 2.17 bits per heavy atom. The quantitative estimate of drug-likeness (QED) is 0.570. The van der Waals surface area contributed by atoms with Crippen molar-refractivity contribution in [3.8, 4) is 0 Å². The van der Waals surface area contributed by atoms with Crippen molar-refractivity contribution in [1.82, 2.24) is 0 Å². The van der Waals surface area contributed by atoms with Gasteiger partial charge in [-0.25, -0.2) is 0 Å². The highest BCUT2D eigenvalue weighted by atomic mass is 127. The number of alkyl halides is 1. The number of hydrogen-bond acceptors (Lipinski definition) is 1. The average Bonchev–Trinajstić information content (AvgIpc) is 2.24. The molecule has 0 bridgehead atoms. The molecule has 0 spiro atoms. The van der Waals surface area contributed by atoms with Crippen LogP contribution in [0.5, 0.6) is 0 Å². The Kier molecular flexibility index (Phi) is 1.92. The second-order valence-corrected chi connectivity index (χ2v) is 6.10. The molecule has 0 aliphatic heterocycles. The Labute approximate surface area is 86.5 Å². The standard InChI is InChI=1S/C10H12IN/c1-10(11)6-7-4-2-3-5-8(7)9(10)12/h2-5,9H,6,12H2,1H3/t9-,10?/m1/s1. The first kappa shape index (κ1) is 8.51. The molecule has 2 rings (SSSR count). The summed E-state index contributed by atoms with van der Waals surface area (Å²) in [6.07, 6.45) is 1.10. The molecule has 2 atom stereocenters. The molecule has 0 fully saturated rings. The van der Waals surface area contributed by atoms with Gasteiger partial charge in [0.15, 0.2) is 0 Å². The van der Waals surface area contributed by atoms with Gasteiger partial charge in [-0.15, -0.1) is 0 Å². The molecular weight excluding hydrogens is 261 g/mol. The van der Waals surface area contributed by atoms with E-state index in [2.05, 4.69) is 53.8 Å². The number of hydrogen-bond donors (Lipinski definition) is 1. The fourth-order valence-electron chi connectivity index (χ4n) is 1.81. The van der Waals surface area contributed by atoms with Crippen LogP contribution in [0.4, 0.5) is 0 Å². The lowest BCUT2D eigenvalue weighted by atomic mass is 10.0. The summed E-state index contributed by atoms with van der Waals surface area (Å²) in [6.45, 7) is 2.22. The van der Waals surface area contributed by atoms with Crippen molar-refractivity contribution in [2.45, 2.75) is 22.8 Å². The first-order valence-electron chi connectivity index (χ1n) is 4.13. The maximum absolute atomic E-state index is 6.12. The molecule has 2 N–H and O–H groups in total. The summed E-state index contributed by atoms with van der Waals surface area (Å²) in [5.74, 6) is 0. The van der Waals surface area contributed by atoms with Gasteiger partial charge in [0, 0.05) is 9.46 Å². The highest BCUT2D eigenvalue weighted by Gasteiger charge is 2.37. The van der Waals surface area contributed by atoms with E-state index in [4.69, 9.17) is 5.73 Å². The van der Waals surface area contributed by atoms with Crippen molar-refractivity contribution in [3.05, 3.63) is 35.4 Å². The van der Waals surface area contributed by atoms with Gasteiger partial charge in [-0.3, -0.25) is 0 Å². The van der Waals surface area contributed by atoms with Crippen LogP contribution in [0.25, 0.3) is 0 Å². The third-order valence-electron chi connectivity index (χ3n) is 2.57. The molecule has 1 aromatic carbocycles. The van der Waals surface area contributed by atoms with E-state index in [-0.39, 0.29) is 9.46 Å². The number of nitrogens with two attached hydrogens (primary N) is 1. The largest absolute Gasteiger partial charge is 0.323 e. The fourth-order valence-corrected chi connectivity index (χ4v) is 2.55. The third-order valence-corrected chi connectivity index (χ3v) is 3.63. The second-order valence-electron chi connectivity index (χ2n) is 3.63. The van der Waals surface area contributed by atoms with Crippen LogP contribution in [0.2, 0.25) is 0 Å². The summed E-state index contributed by atoms with van der Waals surface area (Å²) in [5, 5.41) is 0. The highest BCUT2D eigenvalue weighted by molar-refractivity contribution is 14.1. The molecule has 2 heteroatoms. The molecule has 0 radical (unpaired) electrons. The van der Waals surface area contributed by atoms with Crippen LogP contribution in [0.3, 0.4) is 0 Å². The van der Waals surface area contributed by atoms with Crippen molar-refractivity contribution in [2.75, 3.05) is 0 Å². The highest BCUT2D eigenvalue weighted by Crippen LogP contribution is 2.43. The van der Waals surface area contributed by atoms with Crippen LogP contribution in [0, 0.1) is 0 Å². The van der Waals surface area contributed by atoms with Crippen LogP contribution < -0.4 is 5.73 Å². The van der Waals surface area contributed by atoms with E-state index in [1.807, 2.05) is 0 Å². The first-order chi connectivity index (χ1) is 5.61. The topological polar surface area (TPSA) is 26.0 Å². The number of rotatable bonds is 0. The van der Waals surface area contributed by atoms with Gasteiger partial charge in [-0.2, -0.15) is 0 Å². The number of halogens is 1. The van der Waals surface area contributed by atoms with E-state index >= 15 is 0 Å². The minimum absolute atomic E-state index is 0.203. The van der Waals surface area contributed by atoms with E-state index in [0.717, 1.165) is 6.42 Å². The molecule has 1 aliphatic rings. The zero-order chi connectivity index (χ0) is 8.77. The van der Waals surface area contributed by atoms with E-state index in [0.29, 0.717) is 0 Å². The lowest BCUT2D eigenvalue weighted by Gasteiger charge is -2.21. The van der Waals surface area contributed by atoms with Crippen LogP contribution in [-0.2, 0) is 6.42 Å². The minimum Gasteiger partial charge on any atom is -0.323 e. The monoisotopic (exact) mass is 273 g/mol. The summed E-state index contributed by atoms with van der Waals surface area (Å²) in [4.78, 5) is 0. The molecule has 0 saturated carbocycles. The molecular formula is C10H12IN. The summed E-state index contributed by atoms with van der Waals surface area (Å²) in [5.41, 5.74) is 8.86. The van der Waals surface area contributed by atoms with E-state index in [1.54, 1.807) is 0 Å². The van der Waals surface area contributed by atoms with Gasteiger partial charge in [0.2, 0.25) is 0 Å². The minimum atomic E-state index is 0.203. The van der Waals surface area contributed by atoms with Gasteiger partial charge in [-0.05, 0) is 24.5 Å². The van der Waals surface area contributed by atoms with Gasteiger partial charge in [0.25, 0.3) is 0 Å². The summed E-state index contributed by atoms with van der Waals surface area (Å²) < 4.78 is 0.210. The zero-order valence-electron chi connectivity index (χ0n) is 7.05. The van der Waals surface area contributed by atoms with Crippen molar-refractivity contribution >= 4 is 22.6 Å². The summed E-state index contributed by atoms with van der Waals surface area (Å²) in [6, 6.07) is 8.68. The summed E-state index contributed by atoms with van der Waals surface area (Å²) >= 11 is 2.46. The van der Waals surface area contributed by atoms with Crippen molar-refractivity contribution in [1.29, 1.82) is 0 Å².